The Morgan fingerprint density at radius 3 is 2.00 bits per heavy atom. The first-order chi connectivity index (χ1) is 9.13. The number of hydrogen-bond donors (Lipinski definition) is 1. The summed E-state index contributed by atoms with van der Waals surface area (Å²) in [5.41, 5.74) is 6.12. The van der Waals surface area contributed by atoms with Gasteiger partial charge in [0.15, 0.2) is 0 Å². The average Bonchev–Trinajstić information content (AvgIpc) is 2.48. The Morgan fingerprint density at radius 1 is 1.05 bits per heavy atom. The highest BCUT2D eigenvalue weighted by atomic mass is 16.5. The first-order valence-electron chi connectivity index (χ1n) is 8.05. The van der Waals surface area contributed by atoms with Gasteiger partial charge in [-0.05, 0) is 41.5 Å². The fourth-order valence-electron chi connectivity index (χ4n) is 3.81. The minimum absolute atomic E-state index is 0.112. The minimum atomic E-state index is -0.214. The van der Waals surface area contributed by atoms with Crippen LogP contribution in [0.4, 0.5) is 0 Å². The summed E-state index contributed by atoms with van der Waals surface area (Å²) in [6, 6.07) is 0.769. The van der Waals surface area contributed by atoms with E-state index >= 15 is 0 Å². The van der Waals surface area contributed by atoms with Gasteiger partial charge in [0.25, 0.3) is 0 Å². The van der Waals surface area contributed by atoms with Crippen molar-refractivity contribution >= 4 is 0 Å². The molecule has 4 nitrogen and oxygen atoms in total. The second kappa shape index (κ2) is 5.56. The van der Waals surface area contributed by atoms with Gasteiger partial charge < -0.3 is 15.4 Å². The molecule has 2 heterocycles. The van der Waals surface area contributed by atoms with Gasteiger partial charge in [0.05, 0.1) is 11.2 Å². The standard InChI is InChI=1S/C16H33N3O/c1-12(2)19-9-7-18(8-10-19)11-13-14(17)16(5,6)20-15(13,3)4/h12-14H,7-11,17H2,1-6H3. The lowest BCUT2D eigenvalue weighted by atomic mass is 9.82. The van der Waals surface area contributed by atoms with Crippen LogP contribution >= 0.6 is 0 Å². The van der Waals surface area contributed by atoms with Gasteiger partial charge in [-0.25, -0.2) is 0 Å². The summed E-state index contributed by atoms with van der Waals surface area (Å²) in [7, 11) is 0. The zero-order valence-corrected chi connectivity index (χ0v) is 14.1. The molecule has 2 unspecified atom stereocenters. The summed E-state index contributed by atoms with van der Waals surface area (Å²) >= 11 is 0. The maximum Gasteiger partial charge on any atom is 0.0788 e. The van der Waals surface area contributed by atoms with E-state index in [-0.39, 0.29) is 17.2 Å². The molecular weight excluding hydrogens is 250 g/mol. The van der Waals surface area contributed by atoms with Crippen molar-refractivity contribution < 1.29 is 4.74 Å². The SMILES string of the molecule is CC(C)N1CCN(CC2C(N)C(C)(C)OC2(C)C)CC1. The van der Waals surface area contributed by atoms with Crippen molar-refractivity contribution in [2.75, 3.05) is 32.7 Å². The topological polar surface area (TPSA) is 41.7 Å². The molecule has 2 atom stereocenters. The van der Waals surface area contributed by atoms with Crippen molar-refractivity contribution in [3.63, 3.8) is 0 Å². The van der Waals surface area contributed by atoms with Crippen molar-refractivity contribution in [1.82, 2.24) is 9.80 Å². The molecule has 2 rings (SSSR count). The Hall–Kier alpha value is -0.160. The molecule has 0 aliphatic carbocycles. The van der Waals surface area contributed by atoms with Crippen LogP contribution in [0.3, 0.4) is 0 Å². The smallest absolute Gasteiger partial charge is 0.0788 e. The quantitative estimate of drug-likeness (QED) is 0.853. The number of hydrogen-bond acceptors (Lipinski definition) is 4. The highest BCUT2D eigenvalue weighted by molar-refractivity contribution is 5.04. The zero-order chi connectivity index (χ0) is 15.1. The maximum absolute atomic E-state index is 6.46. The Balaban J connectivity index is 1.94. The van der Waals surface area contributed by atoms with Gasteiger partial charge in [0.2, 0.25) is 0 Å². The summed E-state index contributed by atoms with van der Waals surface area (Å²) < 4.78 is 6.20. The van der Waals surface area contributed by atoms with E-state index in [4.69, 9.17) is 10.5 Å². The molecule has 4 heteroatoms. The Kier molecular flexibility index (Phi) is 4.51. The molecule has 0 aromatic rings. The minimum Gasteiger partial charge on any atom is -0.368 e. The van der Waals surface area contributed by atoms with Crippen LogP contribution in [0.2, 0.25) is 0 Å². The first kappa shape index (κ1) is 16.2. The fraction of sp³-hybridized carbons (Fsp3) is 1.00. The second-order valence-electron chi connectivity index (χ2n) is 7.87. The number of nitrogens with zero attached hydrogens (tertiary/aromatic N) is 2. The second-order valence-corrected chi connectivity index (χ2v) is 7.87. The fourth-order valence-corrected chi connectivity index (χ4v) is 3.81. The monoisotopic (exact) mass is 283 g/mol. The van der Waals surface area contributed by atoms with Crippen LogP contribution < -0.4 is 5.73 Å². The van der Waals surface area contributed by atoms with Crippen molar-refractivity contribution in [1.29, 1.82) is 0 Å². The average molecular weight is 283 g/mol. The van der Waals surface area contributed by atoms with Crippen LogP contribution in [0.5, 0.6) is 0 Å². The van der Waals surface area contributed by atoms with E-state index in [2.05, 4.69) is 51.3 Å². The van der Waals surface area contributed by atoms with Crippen molar-refractivity contribution in [2.45, 2.75) is 64.8 Å². The molecule has 20 heavy (non-hydrogen) atoms. The van der Waals surface area contributed by atoms with Crippen LogP contribution in [0.1, 0.15) is 41.5 Å². The number of ether oxygens (including phenoxy) is 1. The Morgan fingerprint density at radius 2 is 1.60 bits per heavy atom. The lowest BCUT2D eigenvalue weighted by Crippen LogP contribution is -2.53. The molecule has 2 aliphatic heterocycles. The van der Waals surface area contributed by atoms with E-state index in [1.807, 2.05) is 0 Å². The van der Waals surface area contributed by atoms with Crippen molar-refractivity contribution in [3.8, 4) is 0 Å². The van der Waals surface area contributed by atoms with Crippen LogP contribution in [-0.2, 0) is 4.74 Å². The third kappa shape index (κ3) is 3.19. The van der Waals surface area contributed by atoms with Gasteiger partial charge in [-0.15, -0.1) is 0 Å². The summed E-state index contributed by atoms with van der Waals surface area (Å²) in [5, 5.41) is 0. The molecule has 2 N–H and O–H groups in total. The molecule has 0 bridgehead atoms. The zero-order valence-electron chi connectivity index (χ0n) is 14.1. The van der Waals surface area contributed by atoms with E-state index in [1.165, 1.54) is 13.1 Å². The molecule has 0 spiro atoms. The van der Waals surface area contributed by atoms with E-state index < -0.39 is 0 Å². The van der Waals surface area contributed by atoms with Gasteiger partial charge in [-0.3, -0.25) is 4.90 Å². The maximum atomic E-state index is 6.46. The summed E-state index contributed by atoms with van der Waals surface area (Å²) in [5.74, 6) is 0.406. The predicted molar refractivity (Wildman–Crippen MR) is 83.9 cm³/mol. The van der Waals surface area contributed by atoms with Crippen LogP contribution in [0, 0.1) is 5.92 Å². The lowest BCUT2D eigenvalue weighted by molar-refractivity contribution is -0.0792. The predicted octanol–water partition coefficient (Wildman–Crippen LogP) is 1.54. The van der Waals surface area contributed by atoms with E-state index in [9.17, 15) is 0 Å². The van der Waals surface area contributed by atoms with Gasteiger partial charge in [0, 0.05) is 50.7 Å². The molecule has 2 saturated heterocycles. The highest BCUT2D eigenvalue weighted by Gasteiger charge is 2.52. The summed E-state index contributed by atoms with van der Waals surface area (Å²) in [4.78, 5) is 5.12. The van der Waals surface area contributed by atoms with Crippen LogP contribution in [-0.4, -0.2) is 65.8 Å². The van der Waals surface area contributed by atoms with Gasteiger partial charge in [-0.1, -0.05) is 0 Å². The molecule has 118 valence electrons. The van der Waals surface area contributed by atoms with Crippen molar-refractivity contribution in [2.24, 2.45) is 11.7 Å². The molecule has 2 fully saturated rings. The largest absolute Gasteiger partial charge is 0.368 e. The Bertz CT molecular complexity index is 333. The molecule has 0 aromatic heterocycles. The molecular formula is C16H33N3O. The normalized spacial score (nSPS) is 34.8. The first-order valence-corrected chi connectivity index (χ1v) is 8.05. The van der Waals surface area contributed by atoms with Gasteiger partial charge in [0.1, 0.15) is 0 Å². The molecule has 2 aliphatic rings. The van der Waals surface area contributed by atoms with Crippen LogP contribution in [0.25, 0.3) is 0 Å². The van der Waals surface area contributed by atoms with Gasteiger partial charge >= 0.3 is 0 Å². The summed E-state index contributed by atoms with van der Waals surface area (Å²) in [6.07, 6.45) is 0. The molecule has 0 saturated carbocycles. The number of nitrogens with two attached hydrogens (primary N) is 1. The molecule has 0 aromatic carbocycles. The number of rotatable bonds is 3. The molecule has 0 radical (unpaired) electrons. The highest BCUT2D eigenvalue weighted by Crippen LogP contribution is 2.41. The van der Waals surface area contributed by atoms with Crippen LogP contribution in [0.15, 0.2) is 0 Å². The molecule has 0 amide bonds. The van der Waals surface area contributed by atoms with E-state index in [1.54, 1.807) is 0 Å². The van der Waals surface area contributed by atoms with E-state index in [0.29, 0.717) is 12.0 Å². The van der Waals surface area contributed by atoms with E-state index in [0.717, 1.165) is 19.6 Å². The van der Waals surface area contributed by atoms with Crippen molar-refractivity contribution in [3.05, 3.63) is 0 Å². The third-order valence-electron chi connectivity index (χ3n) is 5.25. The Labute approximate surface area is 124 Å². The lowest BCUT2D eigenvalue weighted by Gasteiger charge is -2.40. The summed E-state index contributed by atoms with van der Waals surface area (Å²) in [6.45, 7) is 18.9. The van der Waals surface area contributed by atoms with Gasteiger partial charge in [-0.2, -0.15) is 0 Å². The number of piperazine rings is 1. The third-order valence-corrected chi connectivity index (χ3v) is 5.25.